The molecule has 0 bridgehead atoms. The molecule has 0 saturated heterocycles. The second-order valence-corrected chi connectivity index (χ2v) is 8.53. The van der Waals surface area contributed by atoms with Crippen molar-refractivity contribution >= 4 is 21.5 Å². The molecule has 5 heteroatoms. The molecule has 1 amide bonds. The third kappa shape index (κ3) is 4.87. The second kappa shape index (κ2) is 8.12. The topological polar surface area (TPSA) is 59.1 Å². The van der Waals surface area contributed by atoms with Gasteiger partial charge >= 0.3 is 0 Å². The number of hydrogen-bond donors (Lipinski definition) is 1. The summed E-state index contributed by atoms with van der Waals surface area (Å²) in [6, 6.07) is 16.7. The van der Waals surface area contributed by atoms with Crippen LogP contribution in [-0.4, -0.2) is 21.0 Å². The fourth-order valence-electron chi connectivity index (χ4n) is 2.69. The van der Waals surface area contributed by atoms with E-state index in [0.29, 0.717) is 10.5 Å². The Hall–Kier alpha value is -3.36. The van der Waals surface area contributed by atoms with Crippen LogP contribution in [0, 0.1) is 25.7 Å². The smallest absolute Gasteiger partial charge is 0.264 e. The summed E-state index contributed by atoms with van der Waals surface area (Å²) >= 11 is 0. The zero-order chi connectivity index (χ0) is 20.1. The number of benzene rings is 2. The summed E-state index contributed by atoms with van der Waals surface area (Å²) in [6.07, 6.45) is 3.00. The van der Waals surface area contributed by atoms with Gasteiger partial charge in [-0.15, -0.1) is 0 Å². The van der Waals surface area contributed by atoms with E-state index < -0.39 is 15.6 Å². The maximum absolute atomic E-state index is 13.0. The summed E-state index contributed by atoms with van der Waals surface area (Å²) in [7, 11) is -2.98. The molecule has 0 aliphatic rings. The lowest BCUT2D eigenvalue weighted by atomic mass is 10.2. The van der Waals surface area contributed by atoms with Crippen molar-refractivity contribution in [2.45, 2.75) is 18.7 Å². The van der Waals surface area contributed by atoms with Gasteiger partial charge in [0.2, 0.25) is 0 Å². The molecule has 0 aliphatic heterocycles. The predicted molar refractivity (Wildman–Crippen MR) is 114 cm³/mol. The molecule has 1 atom stereocenters. The molecule has 0 fully saturated rings. The van der Waals surface area contributed by atoms with Crippen molar-refractivity contribution in [3.63, 3.8) is 0 Å². The molecule has 3 aromatic rings. The Kier molecular flexibility index (Phi) is 5.62. The van der Waals surface area contributed by atoms with E-state index in [1.54, 1.807) is 24.4 Å². The summed E-state index contributed by atoms with van der Waals surface area (Å²) in [5.74, 6) is 9.24. The van der Waals surface area contributed by atoms with Crippen molar-refractivity contribution in [3.8, 4) is 11.8 Å². The second-order valence-electron chi connectivity index (χ2n) is 6.51. The molecule has 0 saturated carbocycles. The molecule has 1 unspecified atom stereocenters. The number of hydrogen-bond acceptors (Lipinski definition) is 3. The van der Waals surface area contributed by atoms with Gasteiger partial charge in [-0.1, -0.05) is 36.1 Å². The Bertz CT molecular complexity index is 1170. The van der Waals surface area contributed by atoms with Crippen LogP contribution in [0.15, 0.2) is 71.9 Å². The highest BCUT2D eigenvalue weighted by molar-refractivity contribution is 7.99. The first-order chi connectivity index (χ1) is 13.3. The summed E-state index contributed by atoms with van der Waals surface area (Å²) in [5.41, 5.74) is 3.66. The van der Waals surface area contributed by atoms with Crippen LogP contribution in [0.2, 0.25) is 0 Å². The average molecular weight is 388 g/mol. The predicted octanol–water partition coefficient (Wildman–Crippen LogP) is 3.52. The molecule has 1 heterocycles. The van der Waals surface area contributed by atoms with Crippen molar-refractivity contribution in [1.29, 1.82) is 0 Å². The molecule has 1 N–H and O–H groups in total. The van der Waals surface area contributed by atoms with Gasteiger partial charge in [-0.05, 0) is 61.2 Å². The van der Waals surface area contributed by atoms with Crippen LogP contribution in [0.25, 0.3) is 0 Å². The van der Waals surface area contributed by atoms with Crippen LogP contribution in [0.1, 0.15) is 32.6 Å². The van der Waals surface area contributed by atoms with Crippen LogP contribution < -0.4 is 4.72 Å². The largest absolute Gasteiger partial charge is 0.275 e. The van der Waals surface area contributed by atoms with Crippen molar-refractivity contribution in [1.82, 2.24) is 9.71 Å². The minimum absolute atomic E-state index is 0.278. The van der Waals surface area contributed by atoms with Gasteiger partial charge in [-0.25, -0.2) is 4.21 Å². The van der Waals surface area contributed by atoms with Gasteiger partial charge < -0.3 is 0 Å². The monoisotopic (exact) mass is 388 g/mol. The molecule has 140 valence electrons. The average Bonchev–Trinajstić information content (AvgIpc) is 2.66. The highest BCUT2D eigenvalue weighted by Crippen LogP contribution is 2.15. The number of pyridine rings is 1. The van der Waals surface area contributed by atoms with E-state index >= 15 is 0 Å². The van der Waals surface area contributed by atoms with Gasteiger partial charge in [-0.3, -0.25) is 14.5 Å². The lowest BCUT2D eigenvalue weighted by Gasteiger charge is -2.13. The highest BCUT2D eigenvalue weighted by Gasteiger charge is 2.15. The number of aryl methyl sites for hydroxylation is 2. The van der Waals surface area contributed by atoms with E-state index in [0.717, 1.165) is 16.7 Å². The standard InChI is InChI=1S/C23H20N2O2S/c1-17-11-18(2)13-22(12-17)28(3,27)25-23(26)21-14-20(15-24-16-21)10-9-19-7-5-4-6-8-19/h4-8,11-16H,3H2,1-2H3,(H,25,26,27). The van der Waals surface area contributed by atoms with E-state index in [4.69, 9.17) is 0 Å². The van der Waals surface area contributed by atoms with Crippen molar-refractivity contribution in [3.05, 3.63) is 94.8 Å². The molecule has 1 aromatic heterocycles. The van der Waals surface area contributed by atoms with Gasteiger partial charge in [0.1, 0.15) is 0 Å². The first-order valence-electron chi connectivity index (χ1n) is 8.63. The maximum Gasteiger partial charge on any atom is 0.264 e. The Morgan fingerprint density at radius 2 is 1.61 bits per heavy atom. The third-order valence-electron chi connectivity index (χ3n) is 3.96. The van der Waals surface area contributed by atoms with Gasteiger partial charge in [0.15, 0.2) is 0 Å². The Morgan fingerprint density at radius 3 is 2.29 bits per heavy atom. The van der Waals surface area contributed by atoms with E-state index in [-0.39, 0.29) is 5.56 Å². The summed E-state index contributed by atoms with van der Waals surface area (Å²) < 4.78 is 15.5. The Morgan fingerprint density at radius 1 is 0.964 bits per heavy atom. The van der Waals surface area contributed by atoms with E-state index in [1.165, 1.54) is 6.20 Å². The van der Waals surface area contributed by atoms with Crippen molar-refractivity contribution in [2.75, 3.05) is 0 Å². The van der Waals surface area contributed by atoms with E-state index in [9.17, 15) is 9.00 Å². The summed E-state index contributed by atoms with van der Waals surface area (Å²) in [4.78, 5) is 17.2. The van der Waals surface area contributed by atoms with Crippen molar-refractivity contribution < 1.29 is 9.00 Å². The minimum Gasteiger partial charge on any atom is -0.275 e. The van der Waals surface area contributed by atoms with Crippen LogP contribution in [-0.2, 0) is 9.71 Å². The first-order valence-corrected chi connectivity index (χ1v) is 10.4. The van der Waals surface area contributed by atoms with E-state index in [1.807, 2.05) is 50.2 Å². The number of nitrogens with zero attached hydrogens (tertiary/aromatic N) is 1. The first kappa shape index (κ1) is 19.4. The fraction of sp³-hybridized carbons (Fsp3) is 0.0870. The fourth-order valence-corrected chi connectivity index (χ4v) is 3.98. The molecule has 3 rings (SSSR count). The molecule has 0 spiro atoms. The van der Waals surface area contributed by atoms with Gasteiger partial charge in [0.05, 0.1) is 20.2 Å². The molecule has 2 aromatic carbocycles. The quantitative estimate of drug-likeness (QED) is 0.552. The van der Waals surface area contributed by atoms with E-state index in [2.05, 4.69) is 27.4 Å². The molecular weight excluding hydrogens is 368 g/mol. The lowest BCUT2D eigenvalue weighted by Crippen LogP contribution is -2.30. The maximum atomic E-state index is 13.0. The van der Waals surface area contributed by atoms with Crippen LogP contribution in [0.5, 0.6) is 0 Å². The normalized spacial score (nSPS) is 12.4. The number of nitrogens with one attached hydrogen (secondary N) is 1. The summed E-state index contributed by atoms with van der Waals surface area (Å²) in [5, 5.41) is 0. The zero-order valence-electron chi connectivity index (χ0n) is 15.7. The molecule has 4 nitrogen and oxygen atoms in total. The molecule has 0 radical (unpaired) electrons. The number of carbonyl (C=O) groups is 1. The van der Waals surface area contributed by atoms with Gasteiger partial charge in [0, 0.05) is 23.5 Å². The SMILES string of the molecule is C=S(=O)(NC(=O)c1cncc(C#Cc2ccccc2)c1)c1cc(C)cc(C)c1. The zero-order valence-corrected chi connectivity index (χ0v) is 16.5. The summed E-state index contributed by atoms with van der Waals surface area (Å²) in [6.45, 7) is 3.82. The van der Waals surface area contributed by atoms with Gasteiger partial charge in [-0.2, -0.15) is 0 Å². The molecular formula is C23H20N2O2S. The highest BCUT2D eigenvalue weighted by atomic mass is 32.2. The minimum atomic E-state index is -2.98. The number of rotatable bonds is 3. The van der Waals surface area contributed by atoms with Crippen molar-refractivity contribution in [2.24, 2.45) is 0 Å². The van der Waals surface area contributed by atoms with Crippen LogP contribution in [0.3, 0.4) is 0 Å². The molecule has 28 heavy (non-hydrogen) atoms. The number of amides is 1. The Labute approximate surface area is 165 Å². The number of carbonyl (C=O) groups excluding carboxylic acids is 1. The van der Waals surface area contributed by atoms with Gasteiger partial charge in [0.25, 0.3) is 5.91 Å². The Balaban J connectivity index is 1.82. The van der Waals surface area contributed by atoms with Crippen LogP contribution >= 0.6 is 0 Å². The third-order valence-corrected chi connectivity index (χ3v) is 5.47. The lowest BCUT2D eigenvalue weighted by molar-refractivity contribution is 0.0982. The number of aromatic nitrogens is 1. The molecule has 0 aliphatic carbocycles. The van der Waals surface area contributed by atoms with Crippen LogP contribution in [0.4, 0.5) is 0 Å².